The molecule has 2 heterocycles. The summed E-state index contributed by atoms with van der Waals surface area (Å²) in [5, 5.41) is 4.39. The summed E-state index contributed by atoms with van der Waals surface area (Å²) in [5.41, 5.74) is 3.32. The Morgan fingerprint density at radius 3 is 2.62 bits per heavy atom. The Hall–Kier alpha value is 0.0800. The summed E-state index contributed by atoms with van der Waals surface area (Å²) in [6.07, 6.45) is 1.95. The van der Waals surface area contributed by atoms with Gasteiger partial charge in [0.25, 0.3) is 0 Å². The average molecular weight is 399 g/mol. The zero-order chi connectivity index (χ0) is 9.59. The third-order valence-electron chi connectivity index (χ3n) is 1.87. The first-order valence-corrected chi connectivity index (χ1v) is 5.93. The van der Waals surface area contributed by atoms with E-state index in [0.717, 1.165) is 18.6 Å². The maximum atomic E-state index is 4.40. The molecule has 0 spiro atoms. The molecule has 0 fully saturated rings. The molecule has 5 heteroatoms. The zero-order valence-corrected chi connectivity index (χ0v) is 11.5. The van der Waals surface area contributed by atoms with Crippen LogP contribution in [0.15, 0.2) is 6.20 Å². The van der Waals surface area contributed by atoms with E-state index in [1.807, 2.05) is 17.6 Å². The summed E-state index contributed by atoms with van der Waals surface area (Å²) in [6, 6.07) is 0. The SMILES string of the molecule is Cc1cn2nc(I)c(C)c2c(I)n1. The smallest absolute Gasteiger partial charge is 0.127 e. The largest absolute Gasteiger partial charge is 0.243 e. The van der Waals surface area contributed by atoms with Gasteiger partial charge in [0.05, 0.1) is 11.9 Å². The quantitative estimate of drug-likeness (QED) is 0.638. The van der Waals surface area contributed by atoms with Crippen LogP contribution in [0.2, 0.25) is 0 Å². The predicted octanol–water partition coefficient (Wildman–Crippen LogP) is 2.56. The molecular weight excluding hydrogens is 392 g/mol. The lowest BCUT2D eigenvalue weighted by atomic mass is 10.3. The summed E-state index contributed by atoms with van der Waals surface area (Å²) in [7, 11) is 0. The van der Waals surface area contributed by atoms with Crippen molar-refractivity contribution < 1.29 is 0 Å². The molecule has 0 aliphatic heterocycles. The van der Waals surface area contributed by atoms with Gasteiger partial charge in [-0.3, -0.25) is 0 Å². The Morgan fingerprint density at radius 2 is 1.92 bits per heavy atom. The van der Waals surface area contributed by atoms with Crippen LogP contribution in [-0.4, -0.2) is 14.6 Å². The normalized spacial score (nSPS) is 11.1. The number of hydrogen-bond donors (Lipinski definition) is 0. The highest BCUT2D eigenvalue weighted by molar-refractivity contribution is 14.1. The molecule has 0 aliphatic carbocycles. The molecule has 0 aromatic carbocycles. The molecule has 0 aliphatic rings. The monoisotopic (exact) mass is 399 g/mol. The third-order valence-corrected chi connectivity index (χ3v) is 3.65. The number of nitrogens with zero attached hydrogens (tertiary/aromatic N) is 3. The van der Waals surface area contributed by atoms with Crippen molar-refractivity contribution in [1.29, 1.82) is 0 Å². The number of rotatable bonds is 0. The third kappa shape index (κ3) is 1.56. The molecule has 3 nitrogen and oxygen atoms in total. The number of fused-ring (bicyclic) bond motifs is 1. The fourth-order valence-electron chi connectivity index (χ4n) is 1.25. The first-order valence-electron chi connectivity index (χ1n) is 3.77. The van der Waals surface area contributed by atoms with Crippen molar-refractivity contribution in [3.05, 3.63) is 24.9 Å². The molecule has 2 aromatic heterocycles. The van der Waals surface area contributed by atoms with Crippen LogP contribution in [0.5, 0.6) is 0 Å². The van der Waals surface area contributed by atoms with Gasteiger partial charge in [-0.1, -0.05) is 0 Å². The zero-order valence-electron chi connectivity index (χ0n) is 7.17. The van der Waals surface area contributed by atoms with Gasteiger partial charge in [-0.05, 0) is 59.0 Å². The lowest BCUT2D eigenvalue weighted by molar-refractivity contribution is 0.909. The van der Waals surface area contributed by atoms with Crippen LogP contribution in [-0.2, 0) is 0 Å². The first-order chi connectivity index (χ1) is 6.09. The van der Waals surface area contributed by atoms with Crippen molar-refractivity contribution in [3.8, 4) is 0 Å². The van der Waals surface area contributed by atoms with Gasteiger partial charge in [0.15, 0.2) is 0 Å². The molecule has 0 bridgehead atoms. The van der Waals surface area contributed by atoms with E-state index in [-0.39, 0.29) is 0 Å². The fourth-order valence-corrected chi connectivity index (χ4v) is 2.77. The van der Waals surface area contributed by atoms with Gasteiger partial charge in [-0.15, -0.1) is 0 Å². The molecule has 0 amide bonds. The molecule has 2 rings (SSSR count). The molecule has 68 valence electrons. The molecule has 13 heavy (non-hydrogen) atoms. The van der Waals surface area contributed by atoms with Crippen molar-refractivity contribution in [3.63, 3.8) is 0 Å². The van der Waals surface area contributed by atoms with Crippen molar-refractivity contribution in [2.45, 2.75) is 13.8 Å². The second-order valence-corrected chi connectivity index (χ2v) is 4.93. The minimum Gasteiger partial charge on any atom is -0.243 e. The highest BCUT2D eigenvalue weighted by Crippen LogP contribution is 2.20. The average Bonchev–Trinajstić information content (AvgIpc) is 2.27. The van der Waals surface area contributed by atoms with Gasteiger partial charge < -0.3 is 0 Å². The maximum absolute atomic E-state index is 4.40. The van der Waals surface area contributed by atoms with Gasteiger partial charge in [-0.25, -0.2) is 9.50 Å². The van der Waals surface area contributed by atoms with Crippen molar-refractivity contribution in [1.82, 2.24) is 14.6 Å². The van der Waals surface area contributed by atoms with Gasteiger partial charge in [0, 0.05) is 5.56 Å². The van der Waals surface area contributed by atoms with Gasteiger partial charge in [0.1, 0.15) is 12.9 Å². The Balaban J connectivity index is 2.94. The summed E-state index contributed by atoms with van der Waals surface area (Å²) in [4.78, 5) is 4.40. The minimum absolute atomic E-state index is 0.996. The van der Waals surface area contributed by atoms with Crippen LogP contribution in [0.4, 0.5) is 0 Å². The molecule has 0 unspecified atom stereocenters. The summed E-state index contributed by atoms with van der Waals surface area (Å²) >= 11 is 4.49. The molecule has 0 radical (unpaired) electrons. The van der Waals surface area contributed by atoms with Crippen molar-refractivity contribution in [2.24, 2.45) is 0 Å². The highest BCUT2D eigenvalue weighted by Gasteiger charge is 2.10. The van der Waals surface area contributed by atoms with Crippen LogP contribution >= 0.6 is 45.2 Å². The maximum Gasteiger partial charge on any atom is 0.127 e. The Labute approximate surface area is 103 Å². The minimum atomic E-state index is 0.996. The Kier molecular flexibility index (Phi) is 2.47. The van der Waals surface area contributed by atoms with Gasteiger partial charge in [-0.2, -0.15) is 5.10 Å². The molecule has 0 saturated carbocycles. The van der Waals surface area contributed by atoms with Crippen LogP contribution in [0.1, 0.15) is 11.3 Å². The van der Waals surface area contributed by atoms with E-state index in [4.69, 9.17) is 0 Å². The first kappa shape index (κ1) is 9.63. The van der Waals surface area contributed by atoms with E-state index in [0.29, 0.717) is 0 Å². The van der Waals surface area contributed by atoms with Crippen LogP contribution < -0.4 is 0 Å². The van der Waals surface area contributed by atoms with E-state index in [1.165, 1.54) is 5.56 Å². The molecule has 0 N–H and O–H groups in total. The van der Waals surface area contributed by atoms with Crippen molar-refractivity contribution in [2.75, 3.05) is 0 Å². The van der Waals surface area contributed by atoms with Crippen LogP contribution in [0.3, 0.4) is 0 Å². The van der Waals surface area contributed by atoms with Crippen LogP contribution in [0.25, 0.3) is 5.52 Å². The number of hydrogen-bond acceptors (Lipinski definition) is 2. The fraction of sp³-hybridized carbons (Fsp3) is 0.250. The second-order valence-electron chi connectivity index (χ2n) is 2.88. The molecule has 2 aromatic rings. The standard InChI is InChI=1S/C8H7I2N3/c1-4-3-13-6(8(10)11-4)5(2)7(9)12-13/h3H,1-2H3. The number of halogens is 2. The van der Waals surface area contributed by atoms with Gasteiger partial charge in [0.2, 0.25) is 0 Å². The lowest BCUT2D eigenvalue weighted by Crippen LogP contribution is -1.95. The number of aryl methyl sites for hydroxylation is 2. The van der Waals surface area contributed by atoms with E-state index >= 15 is 0 Å². The van der Waals surface area contributed by atoms with Crippen molar-refractivity contribution >= 4 is 50.7 Å². The second kappa shape index (κ2) is 3.34. The molecular formula is C8H7I2N3. The summed E-state index contributed by atoms with van der Waals surface area (Å²) < 4.78 is 3.97. The van der Waals surface area contributed by atoms with Crippen LogP contribution in [0, 0.1) is 21.2 Å². The summed E-state index contributed by atoms with van der Waals surface area (Å²) in [6.45, 7) is 4.05. The Bertz CT molecular complexity index is 476. The number of aromatic nitrogens is 3. The van der Waals surface area contributed by atoms with E-state index < -0.39 is 0 Å². The van der Waals surface area contributed by atoms with E-state index in [1.54, 1.807) is 0 Å². The predicted molar refractivity (Wildman–Crippen MR) is 67.9 cm³/mol. The molecule has 0 saturated heterocycles. The lowest BCUT2D eigenvalue weighted by Gasteiger charge is -1.98. The topological polar surface area (TPSA) is 30.2 Å². The summed E-state index contributed by atoms with van der Waals surface area (Å²) in [5.74, 6) is 0. The molecule has 0 atom stereocenters. The van der Waals surface area contributed by atoms with E-state index in [9.17, 15) is 0 Å². The van der Waals surface area contributed by atoms with Gasteiger partial charge >= 0.3 is 0 Å². The Morgan fingerprint density at radius 1 is 1.23 bits per heavy atom. The van der Waals surface area contributed by atoms with E-state index in [2.05, 4.69) is 62.2 Å². The highest BCUT2D eigenvalue weighted by atomic mass is 127.